The van der Waals surface area contributed by atoms with Crippen LogP contribution in [0.5, 0.6) is 0 Å². The molecule has 1 aromatic heterocycles. The maximum absolute atomic E-state index is 13.5. The van der Waals surface area contributed by atoms with Gasteiger partial charge in [-0.25, -0.2) is 0 Å². The summed E-state index contributed by atoms with van der Waals surface area (Å²) >= 11 is 0. The molecule has 1 aromatic carbocycles. The largest absolute Gasteiger partial charge is 0.352 e. The molecule has 30 heavy (non-hydrogen) atoms. The van der Waals surface area contributed by atoms with Crippen LogP contribution in [0.1, 0.15) is 44.1 Å². The number of nitrogens with zero attached hydrogens (tertiary/aromatic N) is 2. The fourth-order valence-corrected chi connectivity index (χ4v) is 5.35. The van der Waals surface area contributed by atoms with Gasteiger partial charge in [0, 0.05) is 37.1 Å². The molecule has 0 spiro atoms. The molecule has 158 valence electrons. The van der Waals surface area contributed by atoms with E-state index in [9.17, 15) is 4.79 Å². The third-order valence-corrected chi connectivity index (χ3v) is 6.85. The minimum atomic E-state index is -0.401. The second-order valence-corrected chi connectivity index (χ2v) is 8.87. The highest BCUT2D eigenvalue weighted by Gasteiger charge is 2.44. The van der Waals surface area contributed by atoms with E-state index in [4.69, 9.17) is 0 Å². The summed E-state index contributed by atoms with van der Waals surface area (Å²) in [6.45, 7) is 6.27. The molecule has 2 fully saturated rings. The molecular weight excluding hydrogens is 370 g/mol. The highest BCUT2D eigenvalue weighted by molar-refractivity contribution is 5.84. The summed E-state index contributed by atoms with van der Waals surface area (Å²) in [5.41, 5.74) is 3.12. The SMILES string of the molecule is C=CCNC(=O)[C@]1(Cc2ccccc2-c2cccnc2)CCCN(C2CCCC2)C1. The number of likely N-dealkylation sites (tertiary alicyclic amines) is 1. The molecule has 1 aliphatic carbocycles. The van der Waals surface area contributed by atoms with Crippen LogP contribution in [0.15, 0.2) is 61.4 Å². The summed E-state index contributed by atoms with van der Waals surface area (Å²) in [7, 11) is 0. The van der Waals surface area contributed by atoms with Crippen LogP contribution < -0.4 is 5.32 Å². The Morgan fingerprint density at radius 2 is 2.03 bits per heavy atom. The van der Waals surface area contributed by atoms with E-state index in [-0.39, 0.29) is 5.91 Å². The van der Waals surface area contributed by atoms with Gasteiger partial charge in [-0.1, -0.05) is 49.2 Å². The Balaban J connectivity index is 1.66. The molecule has 4 heteroatoms. The molecule has 1 atom stereocenters. The lowest BCUT2D eigenvalue weighted by Crippen LogP contribution is -2.55. The van der Waals surface area contributed by atoms with Crippen LogP contribution in [-0.2, 0) is 11.2 Å². The number of benzene rings is 1. The predicted molar refractivity (Wildman–Crippen MR) is 122 cm³/mol. The molecule has 1 saturated heterocycles. The van der Waals surface area contributed by atoms with E-state index in [0.717, 1.165) is 37.9 Å². The van der Waals surface area contributed by atoms with Gasteiger partial charge in [-0.05, 0) is 55.8 Å². The van der Waals surface area contributed by atoms with Crippen molar-refractivity contribution in [3.63, 3.8) is 0 Å². The van der Waals surface area contributed by atoms with Gasteiger partial charge >= 0.3 is 0 Å². The molecule has 4 nitrogen and oxygen atoms in total. The first kappa shape index (κ1) is 20.8. The first-order valence-corrected chi connectivity index (χ1v) is 11.3. The minimum absolute atomic E-state index is 0.172. The van der Waals surface area contributed by atoms with Crippen molar-refractivity contribution in [1.29, 1.82) is 0 Å². The number of pyridine rings is 1. The van der Waals surface area contributed by atoms with E-state index in [1.165, 1.54) is 36.8 Å². The lowest BCUT2D eigenvalue weighted by Gasteiger charge is -2.44. The monoisotopic (exact) mass is 403 g/mol. The number of aromatic nitrogens is 1. The van der Waals surface area contributed by atoms with Gasteiger partial charge in [-0.15, -0.1) is 6.58 Å². The average Bonchev–Trinajstić information content (AvgIpc) is 3.34. The first-order chi connectivity index (χ1) is 14.7. The highest BCUT2D eigenvalue weighted by atomic mass is 16.2. The second kappa shape index (κ2) is 9.57. The van der Waals surface area contributed by atoms with Crippen molar-refractivity contribution in [1.82, 2.24) is 15.2 Å². The smallest absolute Gasteiger partial charge is 0.228 e. The van der Waals surface area contributed by atoms with E-state index in [2.05, 4.69) is 52.1 Å². The molecule has 0 radical (unpaired) electrons. The molecule has 0 unspecified atom stereocenters. The van der Waals surface area contributed by atoms with Crippen LogP contribution >= 0.6 is 0 Å². The number of carbonyl (C=O) groups excluding carboxylic acids is 1. The van der Waals surface area contributed by atoms with Crippen LogP contribution in [0, 0.1) is 5.41 Å². The molecule has 2 aromatic rings. The zero-order valence-corrected chi connectivity index (χ0v) is 17.9. The lowest BCUT2D eigenvalue weighted by molar-refractivity contribution is -0.134. The van der Waals surface area contributed by atoms with Crippen molar-refractivity contribution in [2.75, 3.05) is 19.6 Å². The molecule has 2 aliphatic rings. The van der Waals surface area contributed by atoms with Gasteiger partial charge in [-0.2, -0.15) is 0 Å². The molecule has 2 heterocycles. The number of piperidine rings is 1. The Kier molecular flexibility index (Phi) is 6.63. The van der Waals surface area contributed by atoms with E-state index >= 15 is 0 Å². The Labute approximate surface area is 180 Å². The lowest BCUT2D eigenvalue weighted by atomic mass is 9.72. The molecule has 1 N–H and O–H groups in total. The average molecular weight is 404 g/mol. The predicted octanol–water partition coefficient (Wildman–Crippen LogP) is 4.62. The number of carbonyl (C=O) groups is 1. The Hall–Kier alpha value is -2.46. The quantitative estimate of drug-likeness (QED) is 0.686. The van der Waals surface area contributed by atoms with Crippen molar-refractivity contribution in [3.05, 3.63) is 67.0 Å². The zero-order valence-electron chi connectivity index (χ0n) is 17.9. The third kappa shape index (κ3) is 4.49. The van der Waals surface area contributed by atoms with E-state index < -0.39 is 5.41 Å². The maximum Gasteiger partial charge on any atom is 0.228 e. The van der Waals surface area contributed by atoms with Crippen molar-refractivity contribution < 1.29 is 4.79 Å². The number of hydrogen-bond donors (Lipinski definition) is 1. The number of rotatable bonds is 7. The van der Waals surface area contributed by atoms with Gasteiger partial charge in [0.25, 0.3) is 0 Å². The first-order valence-electron chi connectivity index (χ1n) is 11.3. The van der Waals surface area contributed by atoms with Crippen molar-refractivity contribution in [2.24, 2.45) is 5.41 Å². The molecule has 4 rings (SSSR count). The summed E-state index contributed by atoms with van der Waals surface area (Å²) in [5.74, 6) is 0.172. The number of hydrogen-bond acceptors (Lipinski definition) is 3. The molecule has 0 bridgehead atoms. The van der Waals surface area contributed by atoms with E-state index in [1.54, 1.807) is 12.3 Å². The summed E-state index contributed by atoms with van der Waals surface area (Å²) < 4.78 is 0. The Morgan fingerprint density at radius 3 is 2.80 bits per heavy atom. The van der Waals surface area contributed by atoms with Gasteiger partial charge in [0.05, 0.1) is 5.41 Å². The second-order valence-electron chi connectivity index (χ2n) is 8.87. The van der Waals surface area contributed by atoms with Crippen LogP contribution in [-0.4, -0.2) is 41.5 Å². The van der Waals surface area contributed by atoms with Crippen molar-refractivity contribution in [2.45, 2.75) is 51.0 Å². The molecular formula is C26H33N3O. The van der Waals surface area contributed by atoms with Gasteiger partial charge in [0.15, 0.2) is 0 Å². The number of nitrogens with one attached hydrogen (secondary N) is 1. The summed E-state index contributed by atoms with van der Waals surface area (Å²) in [5, 5.41) is 3.14. The maximum atomic E-state index is 13.5. The fraction of sp³-hybridized carbons (Fsp3) is 0.462. The van der Waals surface area contributed by atoms with Crippen LogP contribution in [0.2, 0.25) is 0 Å². The minimum Gasteiger partial charge on any atom is -0.352 e. The Bertz CT molecular complexity index is 860. The van der Waals surface area contributed by atoms with Gasteiger partial charge < -0.3 is 5.32 Å². The Morgan fingerprint density at radius 1 is 1.20 bits per heavy atom. The highest BCUT2D eigenvalue weighted by Crippen LogP contribution is 2.39. The number of amides is 1. The zero-order chi connectivity index (χ0) is 20.8. The summed E-state index contributed by atoms with van der Waals surface area (Å²) in [6.07, 6.45) is 13.4. The topological polar surface area (TPSA) is 45.2 Å². The van der Waals surface area contributed by atoms with E-state index in [1.807, 2.05) is 12.3 Å². The van der Waals surface area contributed by atoms with Gasteiger partial charge in [0.1, 0.15) is 0 Å². The summed E-state index contributed by atoms with van der Waals surface area (Å²) in [6, 6.07) is 13.2. The van der Waals surface area contributed by atoms with Crippen molar-refractivity contribution >= 4 is 5.91 Å². The third-order valence-electron chi connectivity index (χ3n) is 6.85. The van der Waals surface area contributed by atoms with E-state index in [0.29, 0.717) is 12.6 Å². The van der Waals surface area contributed by atoms with Crippen molar-refractivity contribution in [3.8, 4) is 11.1 Å². The molecule has 1 aliphatic heterocycles. The van der Waals surface area contributed by atoms with Gasteiger partial charge in [0.2, 0.25) is 5.91 Å². The molecule has 1 saturated carbocycles. The standard InChI is InChI=1S/C26H33N3O/c1-2-15-28-25(30)26(14-8-17-29(20-26)23-11-4-5-12-23)18-21-9-3-6-13-24(21)22-10-7-16-27-19-22/h2-3,6-7,9-10,13,16,19,23H,1,4-5,8,11-12,14-15,17-18,20H2,(H,28,30)/t26-/m0/s1. The van der Waals surface area contributed by atoms with Crippen LogP contribution in [0.3, 0.4) is 0 Å². The van der Waals surface area contributed by atoms with Crippen LogP contribution in [0.25, 0.3) is 11.1 Å². The molecule has 1 amide bonds. The summed E-state index contributed by atoms with van der Waals surface area (Å²) in [4.78, 5) is 20.4. The fourth-order valence-electron chi connectivity index (χ4n) is 5.35. The normalized spacial score (nSPS) is 22.7. The van der Waals surface area contributed by atoms with Gasteiger partial charge in [-0.3, -0.25) is 14.7 Å². The van der Waals surface area contributed by atoms with Crippen LogP contribution in [0.4, 0.5) is 0 Å².